The molecule has 3 rings (SSSR count). The summed E-state index contributed by atoms with van der Waals surface area (Å²) >= 11 is 0. The molecule has 1 heterocycles. The van der Waals surface area contributed by atoms with Crippen molar-refractivity contribution in [2.24, 2.45) is 0 Å². The minimum Gasteiger partial charge on any atom is -0.378 e. The highest BCUT2D eigenvalue weighted by molar-refractivity contribution is 5.35. The summed E-state index contributed by atoms with van der Waals surface area (Å²) in [6, 6.07) is 21.6. The lowest BCUT2D eigenvalue weighted by Gasteiger charge is -2.30. The molecule has 2 aromatic carbocycles. The van der Waals surface area contributed by atoms with Crippen LogP contribution in [0.3, 0.4) is 0 Å². The molecule has 0 radical (unpaired) electrons. The Morgan fingerprint density at radius 3 is 1.82 bits per heavy atom. The molecule has 112 valence electrons. The normalized spacial score (nSPS) is 11.6. The summed E-state index contributed by atoms with van der Waals surface area (Å²) in [6.45, 7) is 4.37. The molecule has 0 saturated heterocycles. The molecule has 0 amide bonds. The Kier molecular flexibility index (Phi) is 3.82. The first-order chi connectivity index (χ1) is 10.6. The van der Waals surface area contributed by atoms with Crippen molar-refractivity contribution in [2.75, 3.05) is 0 Å². The van der Waals surface area contributed by atoms with Gasteiger partial charge in [0.25, 0.3) is 0 Å². The standard InChI is InChI=1S/C19H20N2O/c1-15-13-16(2)21(20-15)14-19(22,17-9-5-3-6-10-17)18-11-7-4-8-12-18/h3-13,22H,14H2,1-2H3. The van der Waals surface area contributed by atoms with E-state index >= 15 is 0 Å². The summed E-state index contributed by atoms with van der Waals surface area (Å²) in [5.41, 5.74) is 2.64. The number of nitrogens with zero attached hydrogens (tertiary/aromatic N) is 2. The van der Waals surface area contributed by atoms with Crippen LogP contribution in [-0.2, 0) is 12.1 Å². The molecule has 3 aromatic rings. The Labute approximate surface area is 130 Å². The van der Waals surface area contributed by atoms with Crippen LogP contribution in [-0.4, -0.2) is 14.9 Å². The number of aryl methyl sites for hydroxylation is 2. The van der Waals surface area contributed by atoms with Crippen LogP contribution >= 0.6 is 0 Å². The highest BCUT2D eigenvalue weighted by Gasteiger charge is 2.32. The van der Waals surface area contributed by atoms with Gasteiger partial charge in [0.05, 0.1) is 12.2 Å². The van der Waals surface area contributed by atoms with E-state index in [-0.39, 0.29) is 0 Å². The first-order valence-electron chi connectivity index (χ1n) is 7.44. The first kappa shape index (κ1) is 14.5. The smallest absolute Gasteiger partial charge is 0.134 e. The minimum atomic E-state index is -1.11. The van der Waals surface area contributed by atoms with Gasteiger partial charge < -0.3 is 5.11 Å². The molecule has 1 N–H and O–H groups in total. The molecule has 0 saturated carbocycles. The van der Waals surface area contributed by atoms with E-state index in [0.717, 1.165) is 22.5 Å². The predicted molar refractivity (Wildman–Crippen MR) is 87.6 cm³/mol. The van der Waals surface area contributed by atoms with Crippen molar-refractivity contribution in [1.29, 1.82) is 0 Å². The second kappa shape index (κ2) is 5.78. The SMILES string of the molecule is Cc1cc(C)n(CC(O)(c2ccccc2)c2ccccc2)n1. The molecule has 0 fully saturated rings. The fraction of sp³-hybridized carbons (Fsp3) is 0.211. The number of aromatic nitrogens is 2. The molecule has 1 aromatic heterocycles. The lowest BCUT2D eigenvalue weighted by molar-refractivity contribution is 0.0566. The fourth-order valence-corrected chi connectivity index (χ4v) is 2.83. The Hall–Kier alpha value is -2.39. The average Bonchev–Trinajstić information content (AvgIpc) is 2.86. The van der Waals surface area contributed by atoms with Gasteiger partial charge in [-0.25, -0.2) is 0 Å². The maximum Gasteiger partial charge on any atom is 0.134 e. The van der Waals surface area contributed by atoms with Gasteiger partial charge in [-0.3, -0.25) is 4.68 Å². The van der Waals surface area contributed by atoms with Gasteiger partial charge in [0, 0.05) is 5.69 Å². The van der Waals surface area contributed by atoms with Crippen molar-refractivity contribution in [1.82, 2.24) is 9.78 Å². The van der Waals surface area contributed by atoms with Crippen molar-refractivity contribution in [2.45, 2.75) is 26.0 Å². The van der Waals surface area contributed by atoms with Crippen LogP contribution in [0.25, 0.3) is 0 Å². The quantitative estimate of drug-likeness (QED) is 0.800. The van der Waals surface area contributed by atoms with Gasteiger partial charge in [0.2, 0.25) is 0 Å². The van der Waals surface area contributed by atoms with E-state index in [1.807, 2.05) is 85.3 Å². The number of hydrogen-bond acceptors (Lipinski definition) is 2. The fourth-order valence-electron chi connectivity index (χ4n) is 2.83. The van der Waals surface area contributed by atoms with Crippen LogP contribution < -0.4 is 0 Å². The van der Waals surface area contributed by atoms with Gasteiger partial charge in [-0.05, 0) is 31.0 Å². The van der Waals surface area contributed by atoms with Crippen LogP contribution in [0.5, 0.6) is 0 Å². The van der Waals surface area contributed by atoms with E-state index < -0.39 is 5.60 Å². The molecule has 0 aliphatic rings. The topological polar surface area (TPSA) is 38.0 Å². The second-order valence-electron chi connectivity index (χ2n) is 5.68. The van der Waals surface area contributed by atoms with Gasteiger partial charge in [0.1, 0.15) is 5.60 Å². The summed E-state index contributed by atoms with van der Waals surface area (Å²) in [4.78, 5) is 0. The highest BCUT2D eigenvalue weighted by Crippen LogP contribution is 2.31. The van der Waals surface area contributed by atoms with Crippen LogP contribution in [0.15, 0.2) is 66.7 Å². The predicted octanol–water partition coefficient (Wildman–Crippen LogP) is 3.44. The minimum absolute atomic E-state index is 0.390. The van der Waals surface area contributed by atoms with Crippen molar-refractivity contribution in [3.63, 3.8) is 0 Å². The number of aliphatic hydroxyl groups is 1. The van der Waals surface area contributed by atoms with Gasteiger partial charge in [0.15, 0.2) is 0 Å². The van der Waals surface area contributed by atoms with Crippen LogP contribution in [0.4, 0.5) is 0 Å². The summed E-state index contributed by atoms with van der Waals surface area (Å²) in [7, 11) is 0. The molecular formula is C19H20N2O. The van der Waals surface area contributed by atoms with Gasteiger partial charge in [-0.15, -0.1) is 0 Å². The van der Waals surface area contributed by atoms with E-state index in [0.29, 0.717) is 6.54 Å². The van der Waals surface area contributed by atoms with E-state index in [2.05, 4.69) is 5.10 Å². The average molecular weight is 292 g/mol. The second-order valence-corrected chi connectivity index (χ2v) is 5.68. The van der Waals surface area contributed by atoms with E-state index in [1.54, 1.807) is 0 Å². The molecule has 0 aliphatic heterocycles. The number of rotatable bonds is 4. The van der Waals surface area contributed by atoms with Gasteiger partial charge in [-0.1, -0.05) is 60.7 Å². The maximum absolute atomic E-state index is 11.5. The molecular weight excluding hydrogens is 272 g/mol. The van der Waals surface area contributed by atoms with E-state index in [1.165, 1.54) is 0 Å². The molecule has 22 heavy (non-hydrogen) atoms. The largest absolute Gasteiger partial charge is 0.378 e. The zero-order chi connectivity index (χ0) is 15.6. The molecule has 0 atom stereocenters. The van der Waals surface area contributed by atoms with Crippen LogP contribution in [0.2, 0.25) is 0 Å². The Balaban J connectivity index is 2.09. The van der Waals surface area contributed by atoms with Crippen molar-refractivity contribution in [3.05, 3.63) is 89.2 Å². The molecule has 0 spiro atoms. The zero-order valence-electron chi connectivity index (χ0n) is 12.9. The third-order valence-corrected chi connectivity index (χ3v) is 3.98. The van der Waals surface area contributed by atoms with E-state index in [9.17, 15) is 5.11 Å². The van der Waals surface area contributed by atoms with Gasteiger partial charge in [-0.2, -0.15) is 5.10 Å². The van der Waals surface area contributed by atoms with Crippen molar-refractivity contribution in [3.8, 4) is 0 Å². The summed E-state index contributed by atoms with van der Waals surface area (Å²) < 4.78 is 1.87. The van der Waals surface area contributed by atoms with Crippen molar-refractivity contribution < 1.29 is 5.11 Å². The Morgan fingerprint density at radius 1 is 0.909 bits per heavy atom. The van der Waals surface area contributed by atoms with Crippen LogP contribution in [0, 0.1) is 13.8 Å². The van der Waals surface area contributed by atoms with E-state index in [4.69, 9.17) is 0 Å². The van der Waals surface area contributed by atoms with Crippen molar-refractivity contribution >= 4 is 0 Å². The summed E-state index contributed by atoms with van der Waals surface area (Å²) in [5, 5.41) is 16.0. The first-order valence-corrected chi connectivity index (χ1v) is 7.44. The summed E-state index contributed by atoms with van der Waals surface area (Å²) in [5.74, 6) is 0. The number of hydrogen-bond donors (Lipinski definition) is 1. The summed E-state index contributed by atoms with van der Waals surface area (Å²) in [6.07, 6.45) is 0. The third-order valence-electron chi connectivity index (χ3n) is 3.98. The highest BCUT2D eigenvalue weighted by atomic mass is 16.3. The monoisotopic (exact) mass is 292 g/mol. The maximum atomic E-state index is 11.5. The lowest BCUT2D eigenvalue weighted by Crippen LogP contribution is -2.33. The van der Waals surface area contributed by atoms with Crippen LogP contribution in [0.1, 0.15) is 22.5 Å². The molecule has 3 heteroatoms. The third kappa shape index (κ3) is 2.68. The zero-order valence-corrected chi connectivity index (χ0v) is 12.9. The molecule has 0 aliphatic carbocycles. The lowest BCUT2D eigenvalue weighted by atomic mass is 9.86. The number of benzene rings is 2. The Bertz CT molecular complexity index is 708. The molecule has 3 nitrogen and oxygen atoms in total. The molecule has 0 bridgehead atoms. The molecule has 0 unspecified atom stereocenters. The van der Waals surface area contributed by atoms with Gasteiger partial charge >= 0.3 is 0 Å². The Morgan fingerprint density at radius 2 is 1.41 bits per heavy atom.